The van der Waals surface area contributed by atoms with Crippen molar-refractivity contribution in [2.45, 2.75) is 40.2 Å². The molecule has 0 bridgehead atoms. The summed E-state index contributed by atoms with van der Waals surface area (Å²) in [4.78, 5) is 9.77. The number of aliphatic imine (C=N–C) groups is 1. The number of likely N-dealkylation sites (N-methyl/N-ethyl adjacent to an activating group) is 1. The van der Waals surface area contributed by atoms with Crippen LogP contribution in [-0.2, 0) is 6.54 Å². The van der Waals surface area contributed by atoms with Gasteiger partial charge >= 0.3 is 0 Å². The highest BCUT2D eigenvalue weighted by atomic mass is 127. The van der Waals surface area contributed by atoms with E-state index >= 15 is 0 Å². The van der Waals surface area contributed by atoms with Crippen molar-refractivity contribution in [1.82, 2.24) is 20.4 Å². The van der Waals surface area contributed by atoms with E-state index in [1.165, 1.54) is 38.2 Å². The Labute approximate surface area is 194 Å². The number of rotatable bonds is 9. The van der Waals surface area contributed by atoms with E-state index in [0.29, 0.717) is 13.2 Å². The van der Waals surface area contributed by atoms with Gasteiger partial charge in [-0.05, 0) is 71.9 Å². The number of nitrogens with zero attached hydrogens (tertiary/aromatic N) is 3. The average molecular weight is 518 g/mol. The van der Waals surface area contributed by atoms with Gasteiger partial charge in [-0.1, -0.05) is 12.1 Å². The van der Waals surface area contributed by atoms with Gasteiger partial charge in [-0.25, -0.2) is 4.99 Å². The second kappa shape index (κ2) is 14.8. The lowest BCUT2D eigenvalue weighted by Crippen LogP contribution is -2.39. The molecule has 29 heavy (non-hydrogen) atoms. The quantitative estimate of drug-likeness (QED) is 0.228. The van der Waals surface area contributed by atoms with E-state index in [4.69, 9.17) is 9.73 Å². The number of guanidine groups is 1. The molecule has 1 fully saturated rings. The summed E-state index contributed by atoms with van der Waals surface area (Å²) in [6.07, 6.45) is 2.40. The molecule has 0 unspecified atom stereocenters. The summed E-state index contributed by atoms with van der Waals surface area (Å²) >= 11 is 0. The van der Waals surface area contributed by atoms with Crippen molar-refractivity contribution < 1.29 is 4.74 Å². The largest absolute Gasteiger partial charge is 0.494 e. The molecule has 1 saturated heterocycles. The Morgan fingerprint density at radius 2 is 1.97 bits per heavy atom. The number of nitrogens with one attached hydrogen (secondary N) is 2. The lowest BCUT2D eigenvalue weighted by molar-refractivity contribution is 0.274. The van der Waals surface area contributed by atoms with Gasteiger partial charge < -0.3 is 25.2 Å². The van der Waals surface area contributed by atoms with Crippen LogP contribution in [0.1, 0.15) is 37.8 Å². The van der Waals surface area contributed by atoms with E-state index in [9.17, 15) is 0 Å². The number of aryl methyl sites for hydroxylation is 1. The van der Waals surface area contributed by atoms with Gasteiger partial charge in [0.05, 0.1) is 13.2 Å². The Kier molecular flexibility index (Phi) is 13.3. The minimum absolute atomic E-state index is 0. The van der Waals surface area contributed by atoms with Crippen LogP contribution in [-0.4, -0.2) is 75.2 Å². The lowest BCUT2D eigenvalue weighted by atomic mass is 10.1. The molecule has 166 valence electrons. The number of benzene rings is 1. The fourth-order valence-corrected chi connectivity index (χ4v) is 3.42. The molecule has 0 radical (unpaired) electrons. The first-order valence-electron chi connectivity index (χ1n) is 10.8. The smallest absolute Gasteiger partial charge is 0.191 e. The first kappa shape index (κ1) is 26.0. The first-order valence-corrected chi connectivity index (χ1v) is 10.8. The van der Waals surface area contributed by atoms with Gasteiger partial charge in [-0.3, -0.25) is 0 Å². The average Bonchev–Trinajstić information content (AvgIpc) is 2.88. The third-order valence-corrected chi connectivity index (χ3v) is 5.03. The van der Waals surface area contributed by atoms with E-state index in [1.807, 2.05) is 6.92 Å². The second-order valence-electron chi connectivity index (χ2n) is 7.52. The zero-order valence-electron chi connectivity index (χ0n) is 18.7. The van der Waals surface area contributed by atoms with Gasteiger partial charge in [0.1, 0.15) is 5.75 Å². The minimum atomic E-state index is 0. The van der Waals surface area contributed by atoms with E-state index in [1.54, 1.807) is 0 Å². The molecule has 2 rings (SSSR count). The van der Waals surface area contributed by atoms with Gasteiger partial charge in [-0.2, -0.15) is 0 Å². The summed E-state index contributed by atoms with van der Waals surface area (Å²) in [5, 5.41) is 6.83. The summed E-state index contributed by atoms with van der Waals surface area (Å²) in [5.74, 6) is 1.81. The molecule has 0 saturated carbocycles. The Hall–Kier alpha value is -1.06. The number of hydrogen-bond acceptors (Lipinski definition) is 4. The normalized spacial score (nSPS) is 16.1. The van der Waals surface area contributed by atoms with Gasteiger partial charge in [0, 0.05) is 31.7 Å². The number of ether oxygens (including phenoxy) is 1. The van der Waals surface area contributed by atoms with Crippen molar-refractivity contribution in [3.8, 4) is 5.75 Å². The van der Waals surface area contributed by atoms with Gasteiger partial charge in [0.25, 0.3) is 0 Å². The monoisotopic (exact) mass is 517 g/mol. The van der Waals surface area contributed by atoms with E-state index < -0.39 is 0 Å². The summed E-state index contributed by atoms with van der Waals surface area (Å²) in [7, 11) is 2.22. The lowest BCUT2D eigenvalue weighted by Gasteiger charge is -2.20. The van der Waals surface area contributed by atoms with Crippen LogP contribution in [0, 0.1) is 6.92 Å². The highest BCUT2D eigenvalue weighted by Crippen LogP contribution is 2.21. The van der Waals surface area contributed by atoms with Crippen LogP contribution in [0.5, 0.6) is 5.75 Å². The Balaban J connectivity index is 0.00000420. The maximum atomic E-state index is 5.77. The van der Waals surface area contributed by atoms with Crippen molar-refractivity contribution in [1.29, 1.82) is 0 Å². The molecule has 0 spiro atoms. The van der Waals surface area contributed by atoms with Gasteiger partial charge in [-0.15, -0.1) is 24.0 Å². The molecule has 7 heteroatoms. The third kappa shape index (κ3) is 10.00. The Bertz CT molecular complexity index is 611. The molecule has 1 heterocycles. The SMILES string of the molecule is CCNC(=NCc1ccc(C)cc1OCC)NCCCN1CCCN(C)CC1.I. The molecule has 1 aliphatic heterocycles. The molecule has 0 aromatic heterocycles. The summed E-state index contributed by atoms with van der Waals surface area (Å²) < 4.78 is 5.77. The Morgan fingerprint density at radius 1 is 1.14 bits per heavy atom. The van der Waals surface area contributed by atoms with E-state index in [2.05, 4.69) is 59.5 Å². The summed E-state index contributed by atoms with van der Waals surface area (Å²) in [5.41, 5.74) is 2.33. The summed E-state index contributed by atoms with van der Waals surface area (Å²) in [6.45, 7) is 15.2. The van der Waals surface area contributed by atoms with Crippen molar-refractivity contribution in [2.24, 2.45) is 4.99 Å². The maximum absolute atomic E-state index is 5.77. The van der Waals surface area contributed by atoms with Crippen molar-refractivity contribution in [3.63, 3.8) is 0 Å². The topological polar surface area (TPSA) is 52.1 Å². The highest BCUT2D eigenvalue weighted by molar-refractivity contribution is 14.0. The van der Waals surface area contributed by atoms with Gasteiger partial charge in [0.2, 0.25) is 0 Å². The molecule has 1 aliphatic rings. The van der Waals surface area contributed by atoms with Crippen LogP contribution < -0.4 is 15.4 Å². The molecule has 1 aromatic rings. The highest BCUT2D eigenvalue weighted by Gasteiger charge is 2.11. The van der Waals surface area contributed by atoms with Gasteiger partial charge in [0.15, 0.2) is 5.96 Å². The molecule has 2 N–H and O–H groups in total. The molecule has 0 atom stereocenters. The third-order valence-electron chi connectivity index (χ3n) is 5.03. The second-order valence-corrected chi connectivity index (χ2v) is 7.52. The molecular weight excluding hydrogens is 477 g/mol. The van der Waals surface area contributed by atoms with E-state index in [-0.39, 0.29) is 24.0 Å². The van der Waals surface area contributed by atoms with Crippen LogP contribution in [0.4, 0.5) is 0 Å². The van der Waals surface area contributed by atoms with Crippen LogP contribution >= 0.6 is 24.0 Å². The Morgan fingerprint density at radius 3 is 2.72 bits per heavy atom. The predicted octanol–water partition coefficient (Wildman–Crippen LogP) is 3.09. The number of halogens is 1. The fourth-order valence-electron chi connectivity index (χ4n) is 3.42. The van der Waals surface area contributed by atoms with Crippen LogP contribution in [0.2, 0.25) is 0 Å². The summed E-state index contributed by atoms with van der Waals surface area (Å²) in [6, 6.07) is 6.32. The maximum Gasteiger partial charge on any atom is 0.191 e. The van der Waals surface area contributed by atoms with Crippen molar-refractivity contribution >= 4 is 29.9 Å². The van der Waals surface area contributed by atoms with Crippen LogP contribution in [0.15, 0.2) is 23.2 Å². The van der Waals surface area contributed by atoms with Crippen LogP contribution in [0.25, 0.3) is 0 Å². The minimum Gasteiger partial charge on any atom is -0.494 e. The zero-order chi connectivity index (χ0) is 20.2. The molecule has 1 aromatic carbocycles. The molecular formula is C22H40IN5O. The van der Waals surface area contributed by atoms with Crippen LogP contribution in [0.3, 0.4) is 0 Å². The zero-order valence-corrected chi connectivity index (χ0v) is 21.0. The van der Waals surface area contributed by atoms with E-state index in [0.717, 1.165) is 43.3 Å². The predicted molar refractivity (Wildman–Crippen MR) is 134 cm³/mol. The van der Waals surface area contributed by atoms with Crippen molar-refractivity contribution in [3.05, 3.63) is 29.3 Å². The molecule has 6 nitrogen and oxygen atoms in total. The fraction of sp³-hybridized carbons (Fsp3) is 0.682. The van der Waals surface area contributed by atoms with Crippen molar-refractivity contribution in [2.75, 3.05) is 59.5 Å². The first-order chi connectivity index (χ1) is 13.6. The molecule has 0 aliphatic carbocycles. The molecule has 0 amide bonds. The number of hydrogen-bond donors (Lipinski definition) is 2. The standard InChI is InChI=1S/C22H39N5O.HI/c1-5-23-22(24-11-7-13-27-14-8-12-26(4)15-16-27)25-18-20-10-9-19(3)17-21(20)28-6-2;/h9-10,17H,5-8,11-16,18H2,1-4H3,(H2,23,24,25);1H.